The van der Waals surface area contributed by atoms with Crippen LogP contribution in [0.4, 0.5) is 0 Å². The number of aromatic carboxylic acids is 1. The van der Waals surface area contributed by atoms with Gasteiger partial charge in [0.2, 0.25) is 11.7 Å². The van der Waals surface area contributed by atoms with Gasteiger partial charge in [-0.15, -0.1) is 0 Å². The summed E-state index contributed by atoms with van der Waals surface area (Å²) in [6, 6.07) is 1.51. The number of carboxylic acids is 1. The highest BCUT2D eigenvalue weighted by Crippen LogP contribution is 2.16. The van der Waals surface area contributed by atoms with Gasteiger partial charge in [-0.1, -0.05) is 6.92 Å². The van der Waals surface area contributed by atoms with Gasteiger partial charge in [0.05, 0.1) is 6.54 Å². The van der Waals surface area contributed by atoms with Gasteiger partial charge < -0.3 is 14.8 Å². The maximum absolute atomic E-state index is 11.5. The molecule has 6 heteroatoms. The molecular weight excluding hydrogens is 248 g/mol. The molecule has 0 bridgehead atoms. The van der Waals surface area contributed by atoms with E-state index in [4.69, 9.17) is 9.52 Å². The predicted molar refractivity (Wildman–Crippen MR) is 70.0 cm³/mol. The Kier molecular flexibility index (Phi) is 5.57. The van der Waals surface area contributed by atoms with E-state index in [0.717, 1.165) is 5.56 Å². The molecule has 0 aliphatic carbocycles. The highest BCUT2D eigenvalue weighted by atomic mass is 16.4. The molecule has 0 atom stereocenters. The summed E-state index contributed by atoms with van der Waals surface area (Å²) in [6.07, 6.45) is 0. The van der Waals surface area contributed by atoms with Crippen LogP contribution >= 0.6 is 0 Å². The number of hydrogen-bond acceptors (Lipinski definition) is 4. The number of likely N-dealkylation sites (N-methyl/N-ethyl adjacent to an activating group) is 2. The molecule has 1 aromatic rings. The van der Waals surface area contributed by atoms with Crippen LogP contribution in [0, 0.1) is 6.92 Å². The minimum absolute atomic E-state index is 0.0380. The lowest BCUT2D eigenvalue weighted by Gasteiger charge is -2.19. The molecule has 0 unspecified atom stereocenters. The first-order valence-corrected chi connectivity index (χ1v) is 6.29. The molecule has 0 aromatic carbocycles. The summed E-state index contributed by atoms with van der Waals surface area (Å²) in [7, 11) is 0. The van der Waals surface area contributed by atoms with Gasteiger partial charge in [-0.25, -0.2) is 4.79 Å². The van der Waals surface area contributed by atoms with E-state index in [2.05, 4.69) is 5.32 Å². The van der Waals surface area contributed by atoms with Crippen molar-refractivity contribution in [3.63, 3.8) is 0 Å². The minimum Gasteiger partial charge on any atom is -0.475 e. The topological polar surface area (TPSA) is 82.8 Å². The molecule has 19 heavy (non-hydrogen) atoms. The van der Waals surface area contributed by atoms with E-state index in [-0.39, 0.29) is 18.2 Å². The maximum atomic E-state index is 11.5. The fourth-order valence-electron chi connectivity index (χ4n) is 1.76. The number of nitrogens with one attached hydrogen (secondary N) is 1. The fourth-order valence-corrected chi connectivity index (χ4v) is 1.76. The van der Waals surface area contributed by atoms with E-state index < -0.39 is 5.97 Å². The molecule has 106 valence electrons. The first-order chi connectivity index (χ1) is 8.97. The first kappa shape index (κ1) is 15.2. The van der Waals surface area contributed by atoms with Gasteiger partial charge in [-0.3, -0.25) is 9.69 Å². The third-order valence-electron chi connectivity index (χ3n) is 2.81. The smallest absolute Gasteiger partial charge is 0.371 e. The van der Waals surface area contributed by atoms with Crippen LogP contribution in [-0.4, -0.2) is 41.5 Å². The van der Waals surface area contributed by atoms with Gasteiger partial charge >= 0.3 is 5.97 Å². The molecule has 1 aromatic heterocycles. The van der Waals surface area contributed by atoms with Crippen molar-refractivity contribution in [1.29, 1.82) is 0 Å². The van der Waals surface area contributed by atoms with Crippen molar-refractivity contribution in [1.82, 2.24) is 10.2 Å². The van der Waals surface area contributed by atoms with E-state index in [1.165, 1.54) is 6.07 Å². The molecule has 0 aliphatic heterocycles. The van der Waals surface area contributed by atoms with Crippen LogP contribution in [0.25, 0.3) is 0 Å². The Morgan fingerprint density at radius 2 is 2.11 bits per heavy atom. The monoisotopic (exact) mass is 268 g/mol. The zero-order valence-electron chi connectivity index (χ0n) is 11.5. The van der Waals surface area contributed by atoms with Gasteiger partial charge in [0, 0.05) is 18.7 Å². The zero-order valence-corrected chi connectivity index (χ0v) is 11.5. The Morgan fingerprint density at radius 3 is 2.58 bits per heavy atom. The summed E-state index contributed by atoms with van der Waals surface area (Å²) in [5.74, 6) is -0.613. The number of carbonyl (C=O) groups is 2. The van der Waals surface area contributed by atoms with Crippen LogP contribution in [0.5, 0.6) is 0 Å². The average molecular weight is 268 g/mol. The number of hydrogen-bond donors (Lipinski definition) is 2. The standard InChI is InChI=1S/C13H20N2O4/c1-4-14-12(16)8-15(5-2)7-10-6-11(13(17)18)19-9(10)3/h6H,4-5,7-8H2,1-3H3,(H,14,16)(H,17,18). The third-order valence-corrected chi connectivity index (χ3v) is 2.81. The highest BCUT2D eigenvalue weighted by Gasteiger charge is 2.16. The van der Waals surface area contributed by atoms with Crippen molar-refractivity contribution in [2.75, 3.05) is 19.6 Å². The summed E-state index contributed by atoms with van der Waals surface area (Å²) in [6.45, 7) is 7.63. The third kappa shape index (κ3) is 4.40. The van der Waals surface area contributed by atoms with Crippen molar-refractivity contribution in [2.24, 2.45) is 0 Å². The van der Waals surface area contributed by atoms with E-state index in [1.54, 1.807) is 6.92 Å². The molecule has 0 saturated carbocycles. The van der Waals surface area contributed by atoms with E-state index in [1.807, 2.05) is 18.7 Å². The molecule has 0 aliphatic rings. The largest absolute Gasteiger partial charge is 0.475 e. The van der Waals surface area contributed by atoms with Gasteiger partial charge in [0.1, 0.15) is 5.76 Å². The molecule has 1 rings (SSSR count). The first-order valence-electron chi connectivity index (χ1n) is 6.29. The zero-order chi connectivity index (χ0) is 14.4. The lowest BCUT2D eigenvalue weighted by Crippen LogP contribution is -2.36. The molecular formula is C13H20N2O4. The number of furan rings is 1. The van der Waals surface area contributed by atoms with Crippen LogP contribution in [0.2, 0.25) is 0 Å². The second kappa shape index (κ2) is 6.94. The van der Waals surface area contributed by atoms with Crippen molar-refractivity contribution < 1.29 is 19.1 Å². The van der Waals surface area contributed by atoms with Crippen molar-refractivity contribution in [3.05, 3.63) is 23.2 Å². The lowest BCUT2D eigenvalue weighted by atomic mass is 10.2. The lowest BCUT2D eigenvalue weighted by molar-refractivity contribution is -0.122. The van der Waals surface area contributed by atoms with Crippen LogP contribution in [0.15, 0.2) is 10.5 Å². The van der Waals surface area contributed by atoms with Gasteiger partial charge in [-0.2, -0.15) is 0 Å². The second-order valence-electron chi connectivity index (χ2n) is 4.25. The van der Waals surface area contributed by atoms with Gasteiger partial charge in [0.25, 0.3) is 0 Å². The Bertz CT molecular complexity index is 453. The van der Waals surface area contributed by atoms with Crippen LogP contribution in [0.3, 0.4) is 0 Å². The summed E-state index contributed by atoms with van der Waals surface area (Å²) >= 11 is 0. The van der Waals surface area contributed by atoms with Crippen molar-refractivity contribution in [3.8, 4) is 0 Å². The average Bonchev–Trinajstić information content (AvgIpc) is 2.70. The van der Waals surface area contributed by atoms with E-state index >= 15 is 0 Å². The Balaban J connectivity index is 2.70. The van der Waals surface area contributed by atoms with Gasteiger partial charge in [0.15, 0.2) is 0 Å². The van der Waals surface area contributed by atoms with Crippen LogP contribution in [-0.2, 0) is 11.3 Å². The fraction of sp³-hybridized carbons (Fsp3) is 0.538. The Morgan fingerprint density at radius 1 is 1.42 bits per heavy atom. The van der Waals surface area contributed by atoms with E-state index in [9.17, 15) is 9.59 Å². The van der Waals surface area contributed by atoms with Gasteiger partial charge in [-0.05, 0) is 26.5 Å². The number of nitrogens with zero attached hydrogens (tertiary/aromatic N) is 1. The molecule has 1 amide bonds. The van der Waals surface area contributed by atoms with Crippen LogP contribution < -0.4 is 5.32 Å². The highest BCUT2D eigenvalue weighted by molar-refractivity contribution is 5.84. The summed E-state index contributed by atoms with van der Waals surface area (Å²) in [5, 5.41) is 11.6. The maximum Gasteiger partial charge on any atom is 0.371 e. The molecule has 2 N–H and O–H groups in total. The second-order valence-corrected chi connectivity index (χ2v) is 4.25. The molecule has 0 saturated heterocycles. The molecule has 6 nitrogen and oxygen atoms in total. The van der Waals surface area contributed by atoms with Crippen LogP contribution in [0.1, 0.15) is 35.7 Å². The Labute approximate surface area is 112 Å². The minimum atomic E-state index is -1.08. The normalized spacial score (nSPS) is 10.7. The molecule has 0 fully saturated rings. The van der Waals surface area contributed by atoms with Crippen molar-refractivity contribution in [2.45, 2.75) is 27.3 Å². The molecule has 0 spiro atoms. The quantitative estimate of drug-likeness (QED) is 0.777. The Hall–Kier alpha value is -1.82. The number of carbonyl (C=O) groups excluding carboxylic acids is 1. The SMILES string of the molecule is CCNC(=O)CN(CC)Cc1cc(C(=O)O)oc1C. The number of amides is 1. The summed E-state index contributed by atoms with van der Waals surface area (Å²) in [5.41, 5.74) is 0.795. The van der Waals surface area contributed by atoms with Crippen molar-refractivity contribution >= 4 is 11.9 Å². The summed E-state index contributed by atoms with van der Waals surface area (Å²) < 4.78 is 5.15. The summed E-state index contributed by atoms with van der Waals surface area (Å²) in [4.78, 5) is 24.3. The number of rotatable bonds is 7. The van der Waals surface area contributed by atoms with E-state index in [0.29, 0.717) is 25.4 Å². The predicted octanol–water partition coefficient (Wildman–Crippen LogP) is 1.24. The number of aryl methyl sites for hydroxylation is 1. The number of carboxylic acid groups (broad SMARTS) is 1. The molecule has 1 heterocycles. The molecule has 0 radical (unpaired) electrons.